The third kappa shape index (κ3) is 3.16. The molecule has 0 aliphatic carbocycles. The highest BCUT2D eigenvalue weighted by Gasteiger charge is 2.15. The Hall–Kier alpha value is -1.69. The van der Waals surface area contributed by atoms with Crippen LogP contribution in [0.25, 0.3) is 0 Å². The Morgan fingerprint density at radius 1 is 1.33 bits per heavy atom. The van der Waals surface area contributed by atoms with Crippen molar-refractivity contribution >= 4 is 11.7 Å². The van der Waals surface area contributed by atoms with Crippen LogP contribution in [0.15, 0.2) is 12.1 Å². The molecule has 1 aliphatic heterocycles. The zero-order valence-electron chi connectivity index (χ0n) is 10.7. The van der Waals surface area contributed by atoms with E-state index in [1.165, 1.54) is 4.90 Å². The van der Waals surface area contributed by atoms with Crippen LogP contribution in [0.2, 0.25) is 0 Å². The summed E-state index contributed by atoms with van der Waals surface area (Å²) in [6, 6.07) is 3.86. The molecule has 1 saturated heterocycles. The molecule has 6 heteroatoms. The van der Waals surface area contributed by atoms with Crippen LogP contribution in [0.5, 0.6) is 0 Å². The Morgan fingerprint density at radius 2 is 2.06 bits per heavy atom. The number of nitrogens with one attached hydrogen (secondary N) is 1. The number of hydrogen-bond donors (Lipinski definition) is 1. The number of carbonyl (C=O) groups is 1. The van der Waals surface area contributed by atoms with Crippen molar-refractivity contribution in [2.45, 2.75) is 18.9 Å². The summed E-state index contributed by atoms with van der Waals surface area (Å²) in [5.41, 5.74) is 0.359. The SMILES string of the molecule is CN(C)C(=O)c1ccc(NC2CCOCC2)nn1. The van der Waals surface area contributed by atoms with Crippen molar-refractivity contribution in [3.63, 3.8) is 0 Å². The quantitative estimate of drug-likeness (QED) is 0.858. The van der Waals surface area contributed by atoms with Gasteiger partial charge < -0.3 is 15.0 Å². The van der Waals surface area contributed by atoms with Gasteiger partial charge in [0, 0.05) is 33.4 Å². The molecule has 0 spiro atoms. The summed E-state index contributed by atoms with van der Waals surface area (Å²) in [7, 11) is 3.39. The maximum Gasteiger partial charge on any atom is 0.273 e. The normalized spacial score (nSPS) is 16.3. The first-order valence-corrected chi connectivity index (χ1v) is 6.06. The molecule has 2 rings (SSSR count). The molecule has 0 atom stereocenters. The monoisotopic (exact) mass is 250 g/mol. The molecule has 0 unspecified atom stereocenters. The van der Waals surface area contributed by atoms with Crippen molar-refractivity contribution in [1.82, 2.24) is 15.1 Å². The highest BCUT2D eigenvalue weighted by atomic mass is 16.5. The van der Waals surface area contributed by atoms with Crippen LogP contribution < -0.4 is 5.32 Å². The predicted octanol–water partition coefficient (Wildman–Crippen LogP) is 0.769. The van der Waals surface area contributed by atoms with E-state index in [0.29, 0.717) is 17.6 Å². The van der Waals surface area contributed by atoms with E-state index in [-0.39, 0.29) is 5.91 Å². The second-order valence-corrected chi connectivity index (χ2v) is 4.53. The van der Waals surface area contributed by atoms with E-state index in [9.17, 15) is 4.79 Å². The number of aromatic nitrogens is 2. The molecule has 98 valence electrons. The number of anilines is 1. The van der Waals surface area contributed by atoms with Crippen LogP contribution in [0, 0.1) is 0 Å². The van der Waals surface area contributed by atoms with Crippen molar-refractivity contribution < 1.29 is 9.53 Å². The summed E-state index contributed by atoms with van der Waals surface area (Å²) >= 11 is 0. The van der Waals surface area contributed by atoms with Gasteiger partial charge in [-0.15, -0.1) is 10.2 Å². The van der Waals surface area contributed by atoms with Gasteiger partial charge in [-0.1, -0.05) is 0 Å². The van der Waals surface area contributed by atoms with Crippen molar-refractivity contribution in [3.8, 4) is 0 Å². The fourth-order valence-corrected chi connectivity index (χ4v) is 1.80. The number of rotatable bonds is 3. The highest BCUT2D eigenvalue weighted by Crippen LogP contribution is 2.12. The Morgan fingerprint density at radius 3 is 2.61 bits per heavy atom. The van der Waals surface area contributed by atoms with Gasteiger partial charge in [0.2, 0.25) is 0 Å². The molecule has 0 saturated carbocycles. The Labute approximate surface area is 106 Å². The standard InChI is InChI=1S/C12H18N4O2/c1-16(2)12(17)10-3-4-11(15-14-10)13-9-5-7-18-8-6-9/h3-4,9H,5-8H2,1-2H3,(H,13,15). The van der Waals surface area contributed by atoms with Gasteiger partial charge in [-0.2, -0.15) is 0 Å². The van der Waals surface area contributed by atoms with Gasteiger partial charge in [0.05, 0.1) is 0 Å². The lowest BCUT2D eigenvalue weighted by Gasteiger charge is -2.23. The van der Waals surface area contributed by atoms with E-state index in [1.54, 1.807) is 26.2 Å². The Balaban J connectivity index is 1.96. The van der Waals surface area contributed by atoms with Crippen LogP contribution in [0.1, 0.15) is 23.3 Å². The first kappa shape index (κ1) is 12.8. The van der Waals surface area contributed by atoms with Gasteiger partial charge in [-0.25, -0.2) is 0 Å². The van der Waals surface area contributed by atoms with Crippen LogP contribution in [-0.4, -0.2) is 54.4 Å². The first-order valence-electron chi connectivity index (χ1n) is 6.06. The average molecular weight is 250 g/mol. The number of carbonyl (C=O) groups excluding carboxylic acids is 1. The van der Waals surface area contributed by atoms with Crippen molar-refractivity contribution in [2.75, 3.05) is 32.6 Å². The number of amides is 1. The molecule has 1 fully saturated rings. The van der Waals surface area contributed by atoms with Gasteiger partial charge in [0.15, 0.2) is 5.69 Å². The van der Waals surface area contributed by atoms with E-state index in [0.717, 1.165) is 26.1 Å². The van der Waals surface area contributed by atoms with E-state index in [4.69, 9.17) is 4.74 Å². The molecule has 1 aromatic rings. The third-order valence-corrected chi connectivity index (χ3v) is 2.86. The van der Waals surface area contributed by atoms with Crippen molar-refractivity contribution in [1.29, 1.82) is 0 Å². The van der Waals surface area contributed by atoms with Gasteiger partial charge >= 0.3 is 0 Å². The lowest BCUT2D eigenvalue weighted by Crippen LogP contribution is -2.28. The van der Waals surface area contributed by atoms with Gasteiger partial charge in [-0.05, 0) is 25.0 Å². The first-order chi connectivity index (χ1) is 8.66. The van der Waals surface area contributed by atoms with E-state index in [2.05, 4.69) is 15.5 Å². The minimum atomic E-state index is -0.139. The molecule has 1 N–H and O–H groups in total. The molecular weight excluding hydrogens is 232 g/mol. The Bertz CT molecular complexity index is 399. The summed E-state index contributed by atoms with van der Waals surface area (Å²) in [6.07, 6.45) is 1.94. The molecule has 1 aromatic heterocycles. The smallest absolute Gasteiger partial charge is 0.273 e. The lowest BCUT2D eigenvalue weighted by molar-refractivity contribution is 0.0821. The zero-order valence-corrected chi connectivity index (χ0v) is 10.7. The van der Waals surface area contributed by atoms with Gasteiger partial charge in [0.1, 0.15) is 5.82 Å². The number of hydrogen-bond acceptors (Lipinski definition) is 5. The summed E-state index contributed by atoms with van der Waals surface area (Å²) in [4.78, 5) is 13.1. The molecule has 2 heterocycles. The van der Waals surface area contributed by atoms with Crippen LogP contribution in [-0.2, 0) is 4.74 Å². The van der Waals surface area contributed by atoms with Crippen molar-refractivity contribution in [3.05, 3.63) is 17.8 Å². The third-order valence-electron chi connectivity index (χ3n) is 2.86. The largest absolute Gasteiger partial charge is 0.381 e. The van der Waals surface area contributed by atoms with Gasteiger partial charge in [-0.3, -0.25) is 4.79 Å². The van der Waals surface area contributed by atoms with E-state index in [1.807, 2.05) is 0 Å². The minimum Gasteiger partial charge on any atom is -0.381 e. The summed E-state index contributed by atoms with van der Waals surface area (Å²) < 4.78 is 5.29. The fraction of sp³-hybridized carbons (Fsp3) is 0.583. The molecule has 0 aromatic carbocycles. The molecule has 0 radical (unpaired) electrons. The van der Waals surface area contributed by atoms with Crippen molar-refractivity contribution in [2.24, 2.45) is 0 Å². The molecule has 6 nitrogen and oxygen atoms in total. The second-order valence-electron chi connectivity index (χ2n) is 4.53. The van der Waals surface area contributed by atoms with E-state index < -0.39 is 0 Å². The molecular formula is C12H18N4O2. The predicted molar refractivity (Wildman–Crippen MR) is 67.5 cm³/mol. The van der Waals surface area contributed by atoms with Gasteiger partial charge in [0.25, 0.3) is 5.91 Å². The topological polar surface area (TPSA) is 67.4 Å². The minimum absolute atomic E-state index is 0.139. The summed E-state index contributed by atoms with van der Waals surface area (Å²) in [6.45, 7) is 1.56. The highest BCUT2D eigenvalue weighted by molar-refractivity contribution is 5.91. The maximum absolute atomic E-state index is 11.6. The maximum atomic E-state index is 11.6. The summed E-state index contributed by atoms with van der Waals surface area (Å²) in [5.74, 6) is 0.567. The van der Waals surface area contributed by atoms with Crippen LogP contribution in [0.3, 0.4) is 0 Å². The lowest BCUT2D eigenvalue weighted by atomic mass is 10.1. The van der Waals surface area contributed by atoms with E-state index >= 15 is 0 Å². The van der Waals surface area contributed by atoms with Crippen LogP contribution in [0.4, 0.5) is 5.82 Å². The second kappa shape index (κ2) is 5.77. The molecule has 0 bridgehead atoms. The Kier molecular flexibility index (Phi) is 4.09. The fourth-order valence-electron chi connectivity index (χ4n) is 1.80. The average Bonchev–Trinajstić information content (AvgIpc) is 2.40. The molecule has 1 aliphatic rings. The molecule has 1 amide bonds. The van der Waals surface area contributed by atoms with Crippen LogP contribution >= 0.6 is 0 Å². The number of ether oxygens (including phenoxy) is 1. The zero-order chi connectivity index (χ0) is 13.0. The number of nitrogens with zero attached hydrogens (tertiary/aromatic N) is 3. The molecule has 18 heavy (non-hydrogen) atoms. The summed E-state index contributed by atoms with van der Waals surface area (Å²) in [5, 5.41) is 11.3.